The van der Waals surface area contributed by atoms with Crippen LogP contribution in [-0.2, 0) is 16.0 Å². The highest BCUT2D eigenvalue weighted by Gasteiger charge is 2.34. The Morgan fingerprint density at radius 3 is 2.67 bits per heavy atom. The largest absolute Gasteiger partial charge is 0.379 e. The Hall–Kier alpha value is -1.46. The van der Waals surface area contributed by atoms with Gasteiger partial charge >= 0.3 is 0 Å². The first kappa shape index (κ1) is 14.5. The van der Waals surface area contributed by atoms with E-state index in [1.54, 1.807) is 18.2 Å². The lowest BCUT2D eigenvalue weighted by atomic mass is 10.0. The van der Waals surface area contributed by atoms with Gasteiger partial charge < -0.3 is 9.64 Å². The number of ether oxygens (including phenoxy) is 1. The minimum absolute atomic E-state index is 0.128. The first-order chi connectivity index (χ1) is 10.2. The molecule has 5 heteroatoms. The molecule has 0 radical (unpaired) electrons. The highest BCUT2D eigenvalue weighted by atomic mass is 19.1. The first-order valence-electron chi connectivity index (χ1n) is 7.57. The summed E-state index contributed by atoms with van der Waals surface area (Å²) in [5, 5.41) is 0. The first-order valence-corrected chi connectivity index (χ1v) is 7.57. The molecule has 1 aromatic carbocycles. The Labute approximate surface area is 124 Å². The third-order valence-corrected chi connectivity index (χ3v) is 4.34. The van der Waals surface area contributed by atoms with E-state index in [0.29, 0.717) is 24.4 Å². The number of morpholine rings is 1. The lowest BCUT2D eigenvalue weighted by molar-refractivity contribution is -0.140. The summed E-state index contributed by atoms with van der Waals surface area (Å²) in [6.07, 6.45) is 0.862. The molecule has 1 amide bonds. The van der Waals surface area contributed by atoms with Gasteiger partial charge in [-0.15, -0.1) is 0 Å². The van der Waals surface area contributed by atoms with Crippen molar-refractivity contribution in [1.82, 2.24) is 9.80 Å². The smallest absolute Gasteiger partial charge is 0.223 e. The Kier molecular flexibility index (Phi) is 4.51. The predicted octanol–water partition coefficient (Wildman–Crippen LogP) is 1.30. The summed E-state index contributed by atoms with van der Waals surface area (Å²) in [5.41, 5.74) is 0.621. The zero-order valence-corrected chi connectivity index (χ0v) is 12.1. The molecule has 2 aliphatic heterocycles. The molecule has 2 fully saturated rings. The lowest BCUT2D eigenvalue weighted by Gasteiger charge is -2.46. The van der Waals surface area contributed by atoms with E-state index in [2.05, 4.69) is 4.90 Å². The van der Waals surface area contributed by atoms with E-state index in [9.17, 15) is 9.18 Å². The fourth-order valence-corrected chi connectivity index (χ4v) is 2.93. The van der Waals surface area contributed by atoms with Crippen LogP contribution in [0.2, 0.25) is 0 Å². The molecule has 4 nitrogen and oxygen atoms in total. The molecular formula is C16H21FN2O2. The third kappa shape index (κ3) is 3.41. The number of halogens is 1. The third-order valence-electron chi connectivity index (χ3n) is 4.34. The molecule has 0 saturated carbocycles. The summed E-state index contributed by atoms with van der Waals surface area (Å²) in [5.74, 6) is -0.0946. The lowest BCUT2D eigenvalue weighted by Crippen LogP contribution is -2.62. The molecule has 2 saturated heterocycles. The van der Waals surface area contributed by atoms with E-state index in [1.165, 1.54) is 6.07 Å². The summed E-state index contributed by atoms with van der Waals surface area (Å²) in [6.45, 7) is 5.10. The molecule has 2 heterocycles. The van der Waals surface area contributed by atoms with Gasteiger partial charge in [-0.2, -0.15) is 0 Å². The zero-order chi connectivity index (χ0) is 14.7. The average Bonchev–Trinajstić information content (AvgIpc) is 2.46. The van der Waals surface area contributed by atoms with Crippen LogP contribution >= 0.6 is 0 Å². The van der Waals surface area contributed by atoms with Gasteiger partial charge in [0.2, 0.25) is 5.91 Å². The molecule has 0 aromatic heterocycles. The van der Waals surface area contributed by atoms with Crippen molar-refractivity contribution in [3.05, 3.63) is 35.6 Å². The summed E-state index contributed by atoms with van der Waals surface area (Å²) in [7, 11) is 0. The predicted molar refractivity (Wildman–Crippen MR) is 77.5 cm³/mol. The Bertz CT molecular complexity index is 497. The van der Waals surface area contributed by atoms with Crippen LogP contribution in [0.15, 0.2) is 24.3 Å². The fourth-order valence-electron chi connectivity index (χ4n) is 2.93. The van der Waals surface area contributed by atoms with Gasteiger partial charge in [-0.1, -0.05) is 18.2 Å². The molecule has 0 aliphatic carbocycles. The van der Waals surface area contributed by atoms with Crippen LogP contribution in [0.4, 0.5) is 4.39 Å². The highest BCUT2D eigenvalue weighted by molar-refractivity contribution is 5.77. The van der Waals surface area contributed by atoms with Crippen molar-refractivity contribution in [2.45, 2.75) is 18.9 Å². The Morgan fingerprint density at radius 1 is 1.24 bits per heavy atom. The molecule has 3 rings (SSSR count). The van der Waals surface area contributed by atoms with E-state index < -0.39 is 0 Å². The van der Waals surface area contributed by atoms with Gasteiger partial charge in [-0.25, -0.2) is 4.39 Å². The van der Waals surface area contributed by atoms with E-state index in [4.69, 9.17) is 4.74 Å². The summed E-state index contributed by atoms with van der Waals surface area (Å²) >= 11 is 0. The number of nitrogens with zero attached hydrogens (tertiary/aromatic N) is 2. The highest BCUT2D eigenvalue weighted by Crippen LogP contribution is 2.18. The number of likely N-dealkylation sites (tertiary alicyclic amines) is 1. The quantitative estimate of drug-likeness (QED) is 0.838. The van der Waals surface area contributed by atoms with E-state index in [1.807, 2.05) is 4.90 Å². The number of hydrogen-bond donors (Lipinski definition) is 0. The average molecular weight is 292 g/mol. The molecule has 0 spiro atoms. The van der Waals surface area contributed by atoms with Crippen molar-refractivity contribution >= 4 is 5.91 Å². The number of benzene rings is 1. The van der Waals surface area contributed by atoms with E-state index >= 15 is 0 Å². The maximum atomic E-state index is 13.5. The van der Waals surface area contributed by atoms with E-state index in [0.717, 1.165) is 39.4 Å². The number of rotatable bonds is 4. The van der Waals surface area contributed by atoms with Crippen LogP contribution in [0, 0.1) is 5.82 Å². The van der Waals surface area contributed by atoms with Crippen molar-refractivity contribution in [1.29, 1.82) is 0 Å². The van der Waals surface area contributed by atoms with Crippen LogP contribution in [0.5, 0.6) is 0 Å². The van der Waals surface area contributed by atoms with Gasteiger partial charge in [0.25, 0.3) is 0 Å². The summed E-state index contributed by atoms with van der Waals surface area (Å²) in [4.78, 5) is 16.4. The van der Waals surface area contributed by atoms with Gasteiger partial charge in [0.05, 0.1) is 13.2 Å². The second-order valence-electron chi connectivity index (χ2n) is 5.69. The number of aryl methyl sites for hydroxylation is 1. The molecule has 21 heavy (non-hydrogen) atoms. The van der Waals surface area contributed by atoms with Crippen molar-refractivity contribution in [2.75, 3.05) is 39.4 Å². The topological polar surface area (TPSA) is 32.8 Å². The summed E-state index contributed by atoms with van der Waals surface area (Å²) in [6, 6.07) is 7.14. The zero-order valence-electron chi connectivity index (χ0n) is 12.1. The molecular weight excluding hydrogens is 271 g/mol. The number of carbonyl (C=O) groups is 1. The molecule has 2 aliphatic rings. The van der Waals surface area contributed by atoms with E-state index in [-0.39, 0.29) is 11.7 Å². The number of carbonyl (C=O) groups excluding carboxylic acids is 1. The maximum Gasteiger partial charge on any atom is 0.223 e. The Morgan fingerprint density at radius 2 is 1.95 bits per heavy atom. The van der Waals surface area contributed by atoms with Crippen molar-refractivity contribution < 1.29 is 13.9 Å². The molecule has 114 valence electrons. The standard InChI is InChI=1S/C16H21FN2O2/c17-15-4-2-1-3-13(15)5-6-16(20)19-11-14(12-19)18-7-9-21-10-8-18/h1-4,14H,5-12H2. The normalized spacial score (nSPS) is 20.3. The maximum absolute atomic E-state index is 13.5. The minimum Gasteiger partial charge on any atom is -0.379 e. The van der Waals surface area contributed by atoms with Gasteiger partial charge in [0.15, 0.2) is 0 Å². The van der Waals surface area contributed by atoms with Crippen LogP contribution in [0.25, 0.3) is 0 Å². The van der Waals surface area contributed by atoms with Crippen LogP contribution in [-0.4, -0.2) is 61.1 Å². The van der Waals surface area contributed by atoms with Crippen molar-refractivity contribution in [3.63, 3.8) is 0 Å². The number of hydrogen-bond acceptors (Lipinski definition) is 3. The van der Waals surface area contributed by atoms with Gasteiger partial charge in [-0.3, -0.25) is 9.69 Å². The van der Waals surface area contributed by atoms with Crippen molar-refractivity contribution in [2.24, 2.45) is 0 Å². The molecule has 0 atom stereocenters. The van der Waals surface area contributed by atoms with Crippen LogP contribution in [0.1, 0.15) is 12.0 Å². The van der Waals surface area contributed by atoms with Gasteiger partial charge in [0, 0.05) is 38.6 Å². The molecule has 1 aromatic rings. The second kappa shape index (κ2) is 6.54. The molecule has 0 N–H and O–H groups in total. The van der Waals surface area contributed by atoms with Crippen LogP contribution < -0.4 is 0 Å². The minimum atomic E-state index is -0.222. The molecule has 0 unspecified atom stereocenters. The monoisotopic (exact) mass is 292 g/mol. The fraction of sp³-hybridized carbons (Fsp3) is 0.562. The van der Waals surface area contributed by atoms with Gasteiger partial charge in [0.1, 0.15) is 5.82 Å². The van der Waals surface area contributed by atoms with Gasteiger partial charge in [-0.05, 0) is 18.1 Å². The SMILES string of the molecule is O=C(CCc1ccccc1F)N1CC(N2CCOCC2)C1. The number of amides is 1. The summed E-state index contributed by atoms with van der Waals surface area (Å²) < 4.78 is 18.8. The van der Waals surface area contributed by atoms with Crippen LogP contribution in [0.3, 0.4) is 0 Å². The van der Waals surface area contributed by atoms with Crippen molar-refractivity contribution in [3.8, 4) is 0 Å². The molecule has 0 bridgehead atoms. The second-order valence-corrected chi connectivity index (χ2v) is 5.69. The Balaban J connectivity index is 1.42.